The quantitative estimate of drug-likeness (QED) is 0.885. The molecule has 1 spiro atoms. The predicted molar refractivity (Wildman–Crippen MR) is 107 cm³/mol. The van der Waals surface area contributed by atoms with Gasteiger partial charge in [0.05, 0.1) is 0 Å². The number of likely N-dealkylation sites (tertiary alicyclic amines) is 1. The average molecular weight is 364 g/mol. The maximum Gasteiger partial charge on any atom is 0.260 e. The second-order valence-electron chi connectivity index (χ2n) is 7.87. The number of benzene rings is 2. The van der Waals surface area contributed by atoms with E-state index in [4.69, 9.17) is 4.74 Å². The third-order valence-corrected chi connectivity index (χ3v) is 6.07. The normalized spacial score (nSPS) is 18.6. The van der Waals surface area contributed by atoms with Crippen molar-refractivity contribution in [2.24, 2.45) is 5.41 Å². The van der Waals surface area contributed by atoms with Gasteiger partial charge in [0.15, 0.2) is 6.61 Å². The van der Waals surface area contributed by atoms with E-state index in [1.807, 2.05) is 41.3 Å². The Balaban J connectivity index is 1.33. The molecule has 4 nitrogen and oxygen atoms in total. The molecule has 4 rings (SSSR count). The molecule has 0 bridgehead atoms. The monoisotopic (exact) mass is 364 g/mol. The van der Waals surface area contributed by atoms with E-state index in [1.54, 1.807) is 0 Å². The molecule has 2 aromatic rings. The highest BCUT2D eigenvalue weighted by Crippen LogP contribution is 2.36. The largest absolute Gasteiger partial charge is 0.483 e. The minimum Gasteiger partial charge on any atom is -0.483 e. The molecule has 0 unspecified atom stereocenters. The number of nitrogens with zero attached hydrogens (tertiary/aromatic N) is 1. The first-order valence-corrected chi connectivity index (χ1v) is 9.97. The maximum atomic E-state index is 12.6. The smallest absolute Gasteiger partial charge is 0.260 e. The molecule has 2 fully saturated rings. The number of para-hydroxylation sites is 1. The van der Waals surface area contributed by atoms with Gasteiger partial charge in [-0.25, -0.2) is 0 Å². The topological polar surface area (TPSA) is 41.6 Å². The van der Waals surface area contributed by atoms with Crippen molar-refractivity contribution in [1.82, 2.24) is 10.2 Å². The Morgan fingerprint density at radius 2 is 1.74 bits per heavy atom. The fourth-order valence-electron chi connectivity index (χ4n) is 4.29. The van der Waals surface area contributed by atoms with E-state index in [2.05, 4.69) is 23.5 Å². The number of amides is 1. The lowest BCUT2D eigenvalue weighted by Gasteiger charge is -2.38. The molecule has 4 heteroatoms. The third kappa shape index (κ3) is 4.33. The highest BCUT2D eigenvalue weighted by molar-refractivity contribution is 5.78. The number of carbonyl (C=O) groups excluding carboxylic acids is 1. The molecule has 1 N–H and O–H groups in total. The number of ether oxygens (including phenoxy) is 1. The first-order chi connectivity index (χ1) is 13.2. The van der Waals surface area contributed by atoms with Crippen LogP contribution >= 0.6 is 0 Å². The van der Waals surface area contributed by atoms with Crippen molar-refractivity contribution in [3.8, 4) is 5.75 Å². The Morgan fingerprint density at radius 1 is 1.00 bits per heavy atom. The van der Waals surface area contributed by atoms with Crippen LogP contribution in [0.2, 0.25) is 0 Å². The Bertz CT molecular complexity index is 759. The van der Waals surface area contributed by atoms with E-state index in [0.717, 1.165) is 56.8 Å². The minimum atomic E-state index is 0.102. The fourth-order valence-corrected chi connectivity index (χ4v) is 4.29. The molecule has 0 atom stereocenters. The van der Waals surface area contributed by atoms with Gasteiger partial charge >= 0.3 is 0 Å². The first-order valence-electron chi connectivity index (χ1n) is 9.97. The summed E-state index contributed by atoms with van der Waals surface area (Å²) in [5.74, 6) is 0.911. The Morgan fingerprint density at radius 3 is 2.48 bits per heavy atom. The number of hydrogen-bond acceptors (Lipinski definition) is 3. The van der Waals surface area contributed by atoms with Gasteiger partial charge in [-0.1, -0.05) is 48.5 Å². The molecule has 142 valence electrons. The molecule has 0 aliphatic carbocycles. The number of carbonyl (C=O) groups is 1. The standard InChI is InChI=1S/C23H28N2O2/c26-22(25-14-11-23(12-15-25)10-13-24-18-23)17-27-21-9-5-4-8-20(21)16-19-6-2-1-3-7-19/h1-9,24H,10-18H2. The van der Waals surface area contributed by atoms with Crippen molar-refractivity contribution in [2.45, 2.75) is 25.7 Å². The van der Waals surface area contributed by atoms with Crippen molar-refractivity contribution < 1.29 is 9.53 Å². The van der Waals surface area contributed by atoms with Gasteiger partial charge in [-0.05, 0) is 48.4 Å². The lowest BCUT2D eigenvalue weighted by molar-refractivity contribution is -0.135. The predicted octanol–water partition coefficient (Wildman–Crippen LogP) is 3.26. The van der Waals surface area contributed by atoms with Gasteiger partial charge in [0.25, 0.3) is 5.91 Å². The summed E-state index contributed by atoms with van der Waals surface area (Å²) >= 11 is 0. The Hall–Kier alpha value is -2.33. The zero-order chi connectivity index (χ0) is 18.5. The van der Waals surface area contributed by atoms with E-state index in [-0.39, 0.29) is 12.5 Å². The zero-order valence-corrected chi connectivity index (χ0v) is 15.8. The summed E-state index contributed by atoms with van der Waals surface area (Å²) in [4.78, 5) is 14.6. The Kier molecular flexibility index (Phi) is 5.44. The third-order valence-electron chi connectivity index (χ3n) is 6.07. The summed E-state index contributed by atoms with van der Waals surface area (Å²) in [6, 6.07) is 18.4. The molecule has 2 aliphatic heterocycles. The van der Waals surface area contributed by atoms with E-state index >= 15 is 0 Å². The fraction of sp³-hybridized carbons (Fsp3) is 0.435. The molecular formula is C23H28N2O2. The van der Waals surface area contributed by atoms with Crippen LogP contribution in [0, 0.1) is 5.41 Å². The number of nitrogens with one attached hydrogen (secondary N) is 1. The minimum absolute atomic E-state index is 0.102. The van der Waals surface area contributed by atoms with Crippen LogP contribution in [-0.2, 0) is 11.2 Å². The molecule has 2 heterocycles. The molecule has 0 saturated carbocycles. The number of hydrogen-bond donors (Lipinski definition) is 1. The van der Waals surface area contributed by atoms with Crippen LogP contribution < -0.4 is 10.1 Å². The van der Waals surface area contributed by atoms with E-state index in [9.17, 15) is 4.79 Å². The summed E-state index contributed by atoms with van der Waals surface area (Å²) in [6.07, 6.45) is 4.27. The average Bonchev–Trinajstić information content (AvgIpc) is 3.16. The lowest BCUT2D eigenvalue weighted by Crippen LogP contribution is -2.45. The van der Waals surface area contributed by atoms with Gasteiger partial charge in [-0.3, -0.25) is 4.79 Å². The zero-order valence-electron chi connectivity index (χ0n) is 15.8. The van der Waals surface area contributed by atoms with Gasteiger partial charge < -0.3 is 15.0 Å². The summed E-state index contributed by atoms with van der Waals surface area (Å²) < 4.78 is 5.94. The molecule has 2 saturated heterocycles. The molecule has 0 radical (unpaired) electrons. The van der Waals surface area contributed by atoms with Crippen LogP contribution in [0.4, 0.5) is 0 Å². The number of piperidine rings is 1. The summed E-state index contributed by atoms with van der Waals surface area (Å²) in [5.41, 5.74) is 2.79. The van der Waals surface area contributed by atoms with Crippen LogP contribution in [0.1, 0.15) is 30.4 Å². The van der Waals surface area contributed by atoms with Crippen LogP contribution in [-0.4, -0.2) is 43.6 Å². The first kappa shape index (κ1) is 18.1. The maximum absolute atomic E-state index is 12.6. The molecule has 27 heavy (non-hydrogen) atoms. The van der Waals surface area contributed by atoms with Gasteiger partial charge in [0.2, 0.25) is 0 Å². The van der Waals surface area contributed by atoms with Crippen LogP contribution in [0.3, 0.4) is 0 Å². The van der Waals surface area contributed by atoms with Gasteiger partial charge in [-0.2, -0.15) is 0 Å². The SMILES string of the molecule is O=C(COc1ccccc1Cc1ccccc1)N1CCC2(CCNC2)CC1. The van der Waals surface area contributed by atoms with Crippen molar-refractivity contribution >= 4 is 5.91 Å². The molecule has 1 amide bonds. The lowest BCUT2D eigenvalue weighted by atomic mass is 9.78. The molecule has 2 aromatic carbocycles. The molecule has 0 aromatic heterocycles. The molecular weight excluding hydrogens is 336 g/mol. The van der Waals surface area contributed by atoms with Crippen molar-refractivity contribution in [2.75, 3.05) is 32.8 Å². The van der Waals surface area contributed by atoms with Crippen molar-refractivity contribution in [3.05, 3.63) is 65.7 Å². The van der Waals surface area contributed by atoms with Gasteiger partial charge in [-0.15, -0.1) is 0 Å². The summed E-state index contributed by atoms with van der Waals surface area (Å²) in [5, 5.41) is 3.47. The van der Waals surface area contributed by atoms with Gasteiger partial charge in [0.1, 0.15) is 5.75 Å². The Labute approximate surface area is 161 Å². The van der Waals surface area contributed by atoms with E-state index < -0.39 is 0 Å². The summed E-state index contributed by atoms with van der Waals surface area (Å²) in [6.45, 7) is 4.07. The molecule has 2 aliphatic rings. The van der Waals surface area contributed by atoms with Gasteiger partial charge in [0, 0.05) is 26.1 Å². The van der Waals surface area contributed by atoms with Crippen molar-refractivity contribution in [3.63, 3.8) is 0 Å². The van der Waals surface area contributed by atoms with Crippen LogP contribution in [0.15, 0.2) is 54.6 Å². The van der Waals surface area contributed by atoms with Crippen LogP contribution in [0.25, 0.3) is 0 Å². The number of rotatable bonds is 5. The van der Waals surface area contributed by atoms with E-state index in [0.29, 0.717) is 5.41 Å². The van der Waals surface area contributed by atoms with E-state index in [1.165, 1.54) is 12.0 Å². The second kappa shape index (κ2) is 8.13. The second-order valence-corrected chi connectivity index (χ2v) is 7.87. The van der Waals surface area contributed by atoms with Crippen LogP contribution in [0.5, 0.6) is 5.75 Å². The summed E-state index contributed by atoms with van der Waals surface area (Å²) in [7, 11) is 0. The highest BCUT2D eigenvalue weighted by Gasteiger charge is 2.38. The van der Waals surface area contributed by atoms with Crippen molar-refractivity contribution in [1.29, 1.82) is 0 Å². The highest BCUT2D eigenvalue weighted by atomic mass is 16.5.